The summed E-state index contributed by atoms with van der Waals surface area (Å²) in [5.41, 5.74) is 8.57. The fraction of sp³-hybridized carbons (Fsp3) is 0.333. The predicted octanol–water partition coefficient (Wildman–Crippen LogP) is 2.60. The molecule has 216 valence electrons. The number of rotatable bonds is 5. The van der Waals surface area contributed by atoms with E-state index < -0.39 is 11.4 Å². The minimum atomic E-state index is -1.32. The van der Waals surface area contributed by atoms with Crippen molar-refractivity contribution in [3.63, 3.8) is 0 Å². The molecule has 3 aromatic heterocycles. The first-order valence-corrected chi connectivity index (χ1v) is 13.8. The zero-order valence-corrected chi connectivity index (χ0v) is 23.4. The van der Waals surface area contributed by atoms with Gasteiger partial charge in [0.25, 0.3) is 0 Å². The van der Waals surface area contributed by atoms with E-state index in [1.54, 1.807) is 38.6 Å². The molecule has 0 spiro atoms. The maximum atomic E-state index is 14.9. The molecule has 0 amide bonds. The average Bonchev–Trinajstić information content (AvgIpc) is 3.59. The highest BCUT2D eigenvalue weighted by atomic mass is 19.1. The molecule has 2 atom stereocenters. The summed E-state index contributed by atoms with van der Waals surface area (Å²) in [5, 5.41) is 13.0. The number of carbonyl (C=O) groups is 1. The summed E-state index contributed by atoms with van der Waals surface area (Å²) >= 11 is 0. The molecule has 0 bridgehead atoms. The van der Waals surface area contributed by atoms with Gasteiger partial charge in [0.1, 0.15) is 11.4 Å². The number of hydrogen-bond acceptors (Lipinski definition) is 9. The van der Waals surface area contributed by atoms with Gasteiger partial charge in [0, 0.05) is 81.1 Å². The molecule has 5 heterocycles. The molecule has 12 heteroatoms. The number of anilines is 2. The van der Waals surface area contributed by atoms with Crippen LogP contribution in [0.4, 0.5) is 15.8 Å². The minimum Gasteiger partial charge on any atom is -0.477 e. The van der Waals surface area contributed by atoms with Gasteiger partial charge in [-0.15, -0.1) is 0 Å². The summed E-state index contributed by atoms with van der Waals surface area (Å²) in [6, 6.07) is 4.92. The lowest BCUT2D eigenvalue weighted by atomic mass is 9.97. The summed E-state index contributed by atoms with van der Waals surface area (Å²) in [6.45, 7) is 2.84. The number of nitrogens with zero attached hydrogens (tertiary/aromatic N) is 5. The van der Waals surface area contributed by atoms with Gasteiger partial charge in [0.05, 0.1) is 35.5 Å². The molecule has 0 saturated carbocycles. The van der Waals surface area contributed by atoms with Crippen LogP contribution in [0.15, 0.2) is 41.6 Å². The van der Waals surface area contributed by atoms with Gasteiger partial charge in [0.2, 0.25) is 5.43 Å². The highest BCUT2D eigenvalue weighted by Crippen LogP contribution is 2.49. The molecule has 0 radical (unpaired) electrons. The Hall–Kier alpha value is -4.55. The van der Waals surface area contributed by atoms with Crippen molar-refractivity contribution < 1.29 is 19.0 Å². The lowest BCUT2D eigenvalue weighted by molar-refractivity contribution is -0.0362. The summed E-state index contributed by atoms with van der Waals surface area (Å²) < 4.78 is 22.5. The minimum absolute atomic E-state index is 0.0114. The van der Waals surface area contributed by atoms with E-state index in [-0.39, 0.29) is 28.9 Å². The molecule has 42 heavy (non-hydrogen) atoms. The average molecular weight is 572 g/mol. The number of carboxylic acids is 1. The monoisotopic (exact) mass is 571 g/mol. The molecule has 4 aromatic rings. The van der Waals surface area contributed by atoms with Crippen LogP contribution in [-0.2, 0) is 11.2 Å². The van der Waals surface area contributed by atoms with Gasteiger partial charge < -0.3 is 25.5 Å². The van der Waals surface area contributed by atoms with Crippen LogP contribution in [0.1, 0.15) is 21.6 Å². The number of hydrogen-bond donors (Lipinski definition) is 3. The van der Waals surface area contributed by atoms with Gasteiger partial charge in [-0.1, -0.05) is 0 Å². The zero-order valence-electron chi connectivity index (χ0n) is 23.4. The molecular weight excluding hydrogens is 541 g/mol. The number of likely N-dealkylation sites (N-methyl/N-ethyl adjacent to an activating group) is 1. The van der Waals surface area contributed by atoms with Gasteiger partial charge in [-0.3, -0.25) is 14.7 Å². The number of pyridine rings is 3. The predicted molar refractivity (Wildman–Crippen MR) is 158 cm³/mol. The smallest absolute Gasteiger partial charge is 0.341 e. The Balaban J connectivity index is 1.48. The number of carboxylic acid groups (broad SMARTS) is 1. The Labute approximate surface area is 240 Å². The number of aromatic nitrogens is 3. The maximum Gasteiger partial charge on any atom is 0.341 e. The third-order valence-corrected chi connectivity index (χ3v) is 8.75. The van der Waals surface area contributed by atoms with Crippen molar-refractivity contribution in [3.05, 3.63) is 69.7 Å². The first-order chi connectivity index (χ1) is 20.3. The van der Waals surface area contributed by atoms with E-state index in [0.29, 0.717) is 37.3 Å². The summed E-state index contributed by atoms with van der Waals surface area (Å²) in [5.74, 6) is -1.67. The van der Waals surface area contributed by atoms with Gasteiger partial charge in [-0.25, -0.2) is 18.8 Å². The summed E-state index contributed by atoms with van der Waals surface area (Å²) in [4.78, 5) is 39.1. The van der Waals surface area contributed by atoms with Crippen molar-refractivity contribution >= 4 is 28.4 Å². The van der Waals surface area contributed by atoms with Crippen molar-refractivity contribution in [2.24, 2.45) is 0 Å². The number of benzene rings is 1. The molecule has 3 aliphatic rings. The van der Waals surface area contributed by atoms with Crippen LogP contribution in [0.5, 0.6) is 0 Å². The first-order valence-electron chi connectivity index (χ1n) is 13.8. The Bertz CT molecular complexity index is 1840. The van der Waals surface area contributed by atoms with Crippen LogP contribution >= 0.6 is 0 Å². The maximum absolute atomic E-state index is 14.9. The number of aromatic carboxylic acids is 1. The number of ether oxygens (including phenoxy) is 1. The molecule has 11 nitrogen and oxygen atoms in total. The van der Waals surface area contributed by atoms with E-state index in [1.807, 2.05) is 0 Å². The first kappa shape index (κ1) is 26.4. The molecule has 2 fully saturated rings. The van der Waals surface area contributed by atoms with E-state index in [1.165, 1.54) is 16.9 Å². The molecular formula is C30H30FN7O4. The van der Waals surface area contributed by atoms with Crippen molar-refractivity contribution in [2.45, 2.75) is 18.6 Å². The van der Waals surface area contributed by atoms with E-state index >= 15 is 0 Å². The van der Waals surface area contributed by atoms with E-state index in [0.717, 1.165) is 45.9 Å². The van der Waals surface area contributed by atoms with E-state index in [4.69, 9.17) is 9.72 Å². The van der Waals surface area contributed by atoms with Crippen LogP contribution in [0.25, 0.3) is 33.3 Å². The molecule has 2 saturated heterocycles. The second kappa shape index (κ2) is 9.78. The fourth-order valence-electron chi connectivity index (χ4n) is 6.66. The van der Waals surface area contributed by atoms with Gasteiger partial charge >= 0.3 is 5.97 Å². The summed E-state index contributed by atoms with van der Waals surface area (Å²) in [6.07, 6.45) is 5.24. The van der Waals surface area contributed by atoms with Crippen LogP contribution in [0.2, 0.25) is 0 Å². The fourth-order valence-corrected chi connectivity index (χ4v) is 6.66. The van der Waals surface area contributed by atoms with Crippen molar-refractivity contribution in [2.75, 3.05) is 63.0 Å². The molecule has 1 aromatic carbocycles. The second-order valence-electron chi connectivity index (χ2n) is 11.0. The molecule has 7 rings (SSSR count). The van der Waals surface area contributed by atoms with Crippen LogP contribution in [-0.4, -0.2) is 90.1 Å². The Morgan fingerprint density at radius 3 is 2.71 bits per heavy atom. The topological polar surface area (TPSA) is 125 Å². The van der Waals surface area contributed by atoms with Gasteiger partial charge in [0.15, 0.2) is 5.65 Å². The quantitative estimate of drug-likeness (QED) is 0.290. The third-order valence-electron chi connectivity index (χ3n) is 8.75. The largest absolute Gasteiger partial charge is 0.477 e. The number of halogens is 1. The molecule has 1 aliphatic carbocycles. The number of nitrogens with one attached hydrogen (secondary N) is 2. The zero-order chi connectivity index (χ0) is 29.3. The van der Waals surface area contributed by atoms with Gasteiger partial charge in [-0.05, 0) is 36.4 Å². The Kier molecular flexibility index (Phi) is 6.13. The van der Waals surface area contributed by atoms with Crippen molar-refractivity contribution in [1.82, 2.24) is 19.5 Å². The lowest BCUT2D eigenvalue weighted by Crippen LogP contribution is -2.48. The van der Waals surface area contributed by atoms with Crippen LogP contribution in [0, 0.1) is 5.82 Å². The van der Waals surface area contributed by atoms with E-state index in [2.05, 4.69) is 32.6 Å². The van der Waals surface area contributed by atoms with Crippen LogP contribution < -0.4 is 21.1 Å². The third kappa shape index (κ3) is 3.93. The van der Waals surface area contributed by atoms with Crippen molar-refractivity contribution in [3.8, 4) is 22.3 Å². The SMILES string of the molecule is CNc1cc(F)cc2c1Cc1ncc(-c3cnc4c(c3)c(=O)c(C(=O)O)cn4NC)c(N3C[C@H]4OCCN(C)[C@H]4C3)c1-2. The molecule has 2 aliphatic heterocycles. The molecule has 0 unspecified atom stereocenters. The van der Waals surface area contributed by atoms with Gasteiger partial charge in [-0.2, -0.15) is 0 Å². The Morgan fingerprint density at radius 1 is 1.14 bits per heavy atom. The number of morpholine rings is 1. The molecule has 3 N–H and O–H groups in total. The van der Waals surface area contributed by atoms with E-state index in [9.17, 15) is 19.1 Å². The number of fused-ring (bicyclic) bond motifs is 5. The van der Waals surface area contributed by atoms with Crippen molar-refractivity contribution in [1.29, 1.82) is 0 Å². The second-order valence-corrected chi connectivity index (χ2v) is 11.0. The highest BCUT2D eigenvalue weighted by Gasteiger charge is 2.41. The normalized spacial score (nSPS) is 19.5. The van der Waals surface area contributed by atoms with Crippen LogP contribution in [0.3, 0.4) is 0 Å². The standard InChI is InChI=1S/C30H30FN7O4/c1-32-22-8-16(31)7-18-17(22)9-23-26(18)27(37-13-24-25(14-37)42-5-4-36(24)3)20(11-34-23)15-6-19-28(39)21(30(40)41)12-38(33-2)29(19)35-10-15/h6-8,10-12,24-25,32-33H,4-5,9,13-14H2,1-3H3,(H,40,41)/t24-,25+/m0/s1. The lowest BCUT2D eigenvalue weighted by Gasteiger charge is -2.33. The highest BCUT2D eigenvalue weighted by molar-refractivity contribution is 5.98. The Morgan fingerprint density at radius 2 is 1.98 bits per heavy atom. The summed E-state index contributed by atoms with van der Waals surface area (Å²) in [7, 11) is 5.50.